The highest BCUT2D eigenvalue weighted by Gasteiger charge is 2.45. The third-order valence-corrected chi connectivity index (χ3v) is 5.57. The first-order valence-electron chi connectivity index (χ1n) is 10.3. The maximum atomic E-state index is 12.6. The van der Waals surface area contributed by atoms with Crippen LogP contribution in [0.3, 0.4) is 0 Å². The molecule has 3 aromatic rings. The minimum atomic E-state index is -0.882. The maximum Gasteiger partial charge on any atom is 0.324 e. The van der Waals surface area contributed by atoms with Crippen molar-refractivity contribution >= 4 is 11.9 Å². The van der Waals surface area contributed by atoms with Gasteiger partial charge in [0.1, 0.15) is 0 Å². The minimum Gasteiger partial charge on any atom is -0.388 e. The van der Waals surface area contributed by atoms with Gasteiger partial charge in [-0.2, -0.15) is 4.98 Å². The number of piperidine rings is 1. The average molecular weight is 422 g/mol. The van der Waals surface area contributed by atoms with Crippen molar-refractivity contribution in [2.45, 2.75) is 18.1 Å². The van der Waals surface area contributed by atoms with Crippen molar-refractivity contribution in [3.8, 4) is 11.4 Å². The quantitative estimate of drug-likeness (QED) is 0.628. The number of anilines is 1. The first-order valence-corrected chi connectivity index (χ1v) is 10.3. The Morgan fingerprint density at radius 3 is 2.52 bits per heavy atom. The van der Waals surface area contributed by atoms with Crippen molar-refractivity contribution in [3.63, 3.8) is 0 Å². The molecule has 2 aromatic carbocycles. The van der Waals surface area contributed by atoms with E-state index in [1.54, 1.807) is 4.90 Å². The predicted molar refractivity (Wildman–Crippen MR) is 117 cm³/mol. The van der Waals surface area contributed by atoms with Crippen LogP contribution in [-0.2, 0) is 10.3 Å². The van der Waals surface area contributed by atoms with Crippen molar-refractivity contribution in [3.05, 3.63) is 66.2 Å². The summed E-state index contributed by atoms with van der Waals surface area (Å²) in [5.41, 5.74) is 0.863. The van der Waals surface area contributed by atoms with Crippen molar-refractivity contribution in [2.75, 3.05) is 38.6 Å². The summed E-state index contributed by atoms with van der Waals surface area (Å²) in [5, 5.41) is 18.4. The molecule has 1 aliphatic heterocycles. The molecular formula is C23H27N5O3. The van der Waals surface area contributed by atoms with E-state index in [2.05, 4.69) is 15.5 Å². The van der Waals surface area contributed by atoms with Crippen LogP contribution >= 0.6 is 0 Å². The molecule has 8 nitrogen and oxygen atoms in total. The second-order valence-corrected chi connectivity index (χ2v) is 8.10. The summed E-state index contributed by atoms with van der Waals surface area (Å²) in [7, 11) is 3.68. The Balaban J connectivity index is 1.56. The summed E-state index contributed by atoms with van der Waals surface area (Å²) in [6.07, 6.45) is -0.359. The molecule has 0 aliphatic carbocycles. The zero-order valence-corrected chi connectivity index (χ0v) is 17.7. The summed E-state index contributed by atoms with van der Waals surface area (Å²) in [4.78, 5) is 20.8. The predicted octanol–water partition coefficient (Wildman–Crippen LogP) is 1.88. The average Bonchev–Trinajstić information content (AvgIpc) is 3.26. The molecule has 1 amide bonds. The number of amides is 1. The highest BCUT2D eigenvalue weighted by molar-refractivity contribution is 5.79. The van der Waals surface area contributed by atoms with Gasteiger partial charge in [0.05, 0.1) is 24.7 Å². The summed E-state index contributed by atoms with van der Waals surface area (Å²) in [6.45, 7) is 1.05. The van der Waals surface area contributed by atoms with E-state index in [4.69, 9.17) is 4.52 Å². The van der Waals surface area contributed by atoms with E-state index in [0.29, 0.717) is 24.8 Å². The number of nitrogens with one attached hydrogen (secondary N) is 1. The van der Waals surface area contributed by atoms with E-state index in [1.807, 2.05) is 79.7 Å². The molecule has 1 aliphatic rings. The summed E-state index contributed by atoms with van der Waals surface area (Å²) < 4.78 is 5.47. The molecule has 0 radical (unpaired) electrons. The van der Waals surface area contributed by atoms with E-state index in [1.165, 1.54) is 0 Å². The summed E-state index contributed by atoms with van der Waals surface area (Å²) in [6, 6.07) is 19.6. The zero-order chi connectivity index (χ0) is 21.8. The molecule has 2 N–H and O–H groups in total. The Bertz CT molecular complexity index is 1010. The molecule has 162 valence electrons. The van der Waals surface area contributed by atoms with Crippen molar-refractivity contribution in [1.82, 2.24) is 20.4 Å². The minimum absolute atomic E-state index is 0.134. The van der Waals surface area contributed by atoms with Gasteiger partial charge in [-0.3, -0.25) is 4.79 Å². The summed E-state index contributed by atoms with van der Waals surface area (Å²) >= 11 is 0. The van der Waals surface area contributed by atoms with Crippen LogP contribution in [0, 0.1) is 0 Å². The van der Waals surface area contributed by atoms with Crippen LogP contribution in [0.2, 0.25) is 0 Å². The van der Waals surface area contributed by atoms with Crippen molar-refractivity contribution < 1.29 is 14.4 Å². The molecule has 8 heteroatoms. The second kappa shape index (κ2) is 8.87. The molecule has 0 unspecified atom stereocenters. The van der Waals surface area contributed by atoms with Gasteiger partial charge in [-0.25, -0.2) is 0 Å². The van der Waals surface area contributed by atoms with E-state index in [9.17, 15) is 9.90 Å². The first-order chi connectivity index (χ1) is 15.0. The van der Waals surface area contributed by atoms with Gasteiger partial charge in [0.15, 0.2) is 0 Å². The molecule has 2 atom stereocenters. The SMILES string of the molecule is CN(C)CC(=O)N[C@@]1(c2ccccc2)CCN(c2nc(-c3ccccc3)no2)C[C@H]1O. The van der Waals surface area contributed by atoms with Crippen molar-refractivity contribution in [2.24, 2.45) is 0 Å². The smallest absolute Gasteiger partial charge is 0.324 e. The Labute approximate surface area is 181 Å². The first kappa shape index (κ1) is 21.0. The third-order valence-electron chi connectivity index (χ3n) is 5.57. The number of carbonyl (C=O) groups is 1. The highest BCUT2D eigenvalue weighted by Crippen LogP contribution is 2.35. The van der Waals surface area contributed by atoms with Crippen molar-refractivity contribution in [1.29, 1.82) is 0 Å². The van der Waals surface area contributed by atoms with E-state index in [-0.39, 0.29) is 19.0 Å². The lowest BCUT2D eigenvalue weighted by Crippen LogP contribution is -2.63. The number of benzene rings is 2. The van der Waals surface area contributed by atoms with Gasteiger partial charge in [0.2, 0.25) is 11.7 Å². The fraction of sp³-hybridized carbons (Fsp3) is 0.348. The largest absolute Gasteiger partial charge is 0.388 e. The maximum absolute atomic E-state index is 12.6. The molecule has 31 heavy (non-hydrogen) atoms. The normalized spacial score (nSPS) is 21.3. The number of carbonyl (C=O) groups excluding carboxylic acids is 1. The van der Waals surface area contributed by atoms with E-state index in [0.717, 1.165) is 11.1 Å². The van der Waals surface area contributed by atoms with Crippen LogP contribution in [0.15, 0.2) is 65.2 Å². The zero-order valence-electron chi connectivity index (χ0n) is 17.7. The Morgan fingerprint density at radius 2 is 1.87 bits per heavy atom. The molecular weight excluding hydrogens is 394 g/mol. The highest BCUT2D eigenvalue weighted by atomic mass is 16.5. The number of hydrogen-bond donors (Lipinski definition) is 2. The van der Waals surface area contributed by atoms with Gasteiger partial charge in [0, 0.05) is 12.1 Å². The molecule has 0 spiro atoms. The number of aliphatic hydroxyl groups excluding tert-OH is 1. The lowest BCUT2D eigenvalue weighted by molar-refractivity contribution is -0.126. The Kier molecular flexibility index (Phi) is 6.01. The number of β-amino-alcohol motifs (C(OH)–C–C–N with tert-alkyl or cyclic N) is 1. The fourth-order valence-corrected chi connectivity index (χ4v) is 4.02. The molecule has 0 saturated carbocycles. The molecule has 0 bridgehead atoms. The van der Waals surface area contributed by atoms with Crippen LogP contribution in [0.4, 0.5) is 6.01 Å². The van der Waals surface area contributed by atoms with E-state index < -0.39 is 11.6 Å². The fourth-order valence-electron chi connectivity index (χ4n) is 4.02. The molecule has 2 heterocycles. The molecule has 1 fully saturated rings. The lowest BCUT2D eigenvalue weighted by atomic mass is 9.78. The molecule has 1 saturated heterocycles. The number of nitrogens with zero attached hydrogens (tertiary/aromatic N) is 4. The van der Waals surface area contributed by atoms with Gasteiger partial charge in [0.25, 0.3) is 0 Å². The third kappa shape index (κ3) is 4.45. The number of likely N-dealkylation sites (N-methyl/N-ethyl adjacent to an activating group) is 1. The van der Waals surface area contributed by atoms with Crippen LogP contribution in [-0.4, -0.2) is 65.9 Å². The van der Waals surface area contributed by atoms with Crippen LogP contribution in [0.25, 0.3) is 11.4 Å². The van der Waals surface area contributed by atoms with E-state index >= 15 is 0 Å². The topological polar surface area (TPSA) is 94.7 Å². The van der Waals surface area contributed by atoms with Gasteiger partial charge < -0.3 is 24.7 Å². The van der Waals surface area contributed by atoms with Gasteiger partial charge in [-0.1, -0.05) is 65.8 Å². The van der Waals surface area contributed by atoms with Crippen LogP contribution in [0.5, 0.6) is 0 Å². The van der Waals surface area contributed by atoms with Gasteiger partial charge >= 0.3 is 6.01 Å². The van der Waals surface area contributed by atoms with Gasteiger partial charge in [-0.15, -0.1) is 0 Å². The number of rotatable bonds is 6. The number of aromatic nitrogens is 2. The molecule has 1 aromatic heterocycles. The standard InChI is InChI=1S/C23H27N5O3/c1-27(2)16-20(30)25-23(18-11-7-4-8-12-18)13-14-28(15-19(23)29)22-24-21(26-31-22)17-9-5-3-6-10-17/h3-12,19,29H,13-16H2,1-2H3,(H,25,30)/t19-,23-/m1/s1. The monoisotopic (exact) mass is 421 g/mol. The summed E-state index contributed by atoms with van der Waals surface area (Å²) in [5.74, 6) is 0.370. The molecule has 4 rings (SSSR count). The number of aliphatic hydroxyl groups is 1. The van der Waals surface area contributed by atoms with Gasteiger partial charge in [-0.05, 0) is 26.1 Å². The lowest BCUT2D eigenvalue weighted by Gasteiger charge is -2.46. The van der Waals surface area contributed by atoms with Crippen LogP contribution in [0.1, 0.15) is 12.0 Å². The second-order valence-electron chi connectivity index (χ2n) is 8.10. The van der Waals surface area contributed by atoms with Crippen LogP contribution < -0.4 is 10.2 Å². The Hall–Kier alpha value is -3.23. The Morgan fingerprint density at radius 1 is 1.19 bits per heavy atom. The number of hydrogen-bond acceptors (Lipinski definition) is 7.